The first-order chi connectivity index (χ1) is 19.2. The summed E-state index contributed by atoms with van der Waals surface area (Å²) in [4.78, 5) is 0. The molecule has 0 spiro atoms. The monoisotopic (exact) mass is 504 g/mol. The molecule has 7 aromatic rings. The molecule has 1 aliphatic rings. The zero-order valence-electron chi connectivity index (χ0n) is 21.5. The molecule has 2 nitrogen and oxygen atoms in total. The molecule has 0 fully saturated rings. The zero-order chi connectivity index (χ0) is 26.6. The molecule has 0 atom stereocenters. The van der Waals surface area contributed by atoms with Crippen LogP contribution in [-0.4, -0.2) is 10.2 Å². The number of phenolic OH excluding ortho intramolecular Hbond substituents is 2. The molecule has 0 unspecified atom stereocenters. The van der Waals surface area contributed by atoms with Crippen LogP contribution in [0, 0.1) is 0 Å². The summed E-state index contributed by atoms with van der Waals surface area (Å²) in [5, 5.41) is 25.4. The molecular weight excluding hydrogens is 476 g/mol. The highest BCUT2D eigenvalue weighted by atomic mass is 16.3. The fourth-order valence-electron chi connectivity index (χ4n) is 5.24. The summed E-state index contributed by atoms with van der Waals surface area (Å²) in [6.45, 7) is 0. The van der Waals surface area contributed by atoms with Crippen LogP contribution in [0.1, 0.15) is 11.1 Å². The smallest absolute Gasteiger partial charge is 0.123 e. The first-order valence-electron chi connectivity index (χ1n) is 13.1. The number of aromatic hydroxyl groups is 2. The van der Waals surface area contributed by atoms with Gasteiger partial charge in [-0.05, 0) is 68.4 Å². The van der Waals surface area contributed by atoms with Crippen molar-refractivity contribution in [2.75, 3.05) is 0 Å². The Balaban J connectivity index is 0.000000111. The Morgan fingerprint density at radius 3 is 1.41 bits per heavy atom. The van der Waals surface area contributed by atoms with Gasteiger partial charge in [0, 0.05) is 10.8 Å². The minimum atomic E-state index is 0.350. The van der Waals surface area contributed by atoms with Crippen LogP contribution < -0.4 is 0 Å². The summed E-state index contributed by atoms with van der Waals surface area (Å²) in [6, 6.07) is 48.6. The highest BCUT2D eigenvalue weighted by molar-refractivity contribution is 5.92. The van der Waals surface area contributed by atoms with E-state index in [0.29, 0.717) is 11.5 Å². The Morgan fingerprint density at radius 1 is 0.359 bits per heavy atom. The highest BCUT2D eigenvalue weighted by Gasteiger charge is 2.17. The summed E-state index contributed by atoms with van der Waals surface area (Å²) >= 11 is 0. The molecule has 2 N–H and O–H groups in total. The third kappa shape index (κ3) is 5.05. The number of rotatable bonds is 0. The van der Waals surface area contributed by atoms with Crippen LogP contribution in [0.2, 0.25) is 0 Å². The fourth-order valence-corrected chi connectivity index (χ4v) is 5.24. The van der Waals surface area contributed by atoms with Crippen molar-refractivity contribution in [3.8, 4) is 22.6 Å². The van der Waals surface area contributed by atoms with Crippen molar-refractivity contribution < 1.29 is 10.2 Å². The van der Waals surface area contributed by atoms with Gasteiger partial charge in [0.1, 0.15) is 11.5 Å². The average Bonchev–Trinajstić information content (AvgIpc) is 3.35. The fraction of sp³-hybridized carbons (Fsp3) is 0.0270. The van der Waals surface area contributed by atoms with Crippen LogP contribution in [0.5, 0.6) is 11.5 Å². The number of benzene rings is 7. The standard InChI is InChI=1S/C17H12.2C10H8O/c1-2-6-13-11-17-15(9-12(13)5-1)10-14-7-3-4-8-16(14)17;2*11-10-7-3-5-8-4-1-2-6-9(8)10/h1-9,11H,10H2;2*1-7,11H. The lowest BCUT2D eigenvalue weighted by Crippen LogP contribution is -1.81. The molecule has 0 aromatic heterocycles. The predicted molar refractivity (Wildman–Crippen MR) is 163 cm³/mol. The van der Waals surface area contributed by atoms with Crippen molar-refractivity contribution in [3.05, 3.63) is 157 Å². The van der Waals surface area contributed by atoms with Crippen molar-refractivity contribution in [2.45, 2.75) is 6.42 Å². The van der Waals surface area contributed by atoms with Gasteiger partial charge in [0.2, 0.25) is 0 Å². The maximum absolute atomic E-state index is 9.37. The van der Waals surface area contributed by atoms with Gasteiger partial charge in [-0.2, -0.15) is 0 Å². The minimum absolute atomic E-state index is 0.350. The summed E-state index contributed by atoms with van der Waals surface area (Å²) in [7, 11) is 0. The number of phenols is 2. The molecule has 8 rings (SSSR count). The third-order valence-corrected chi connectivity index (χ3v) is 7.19. The van der Waals surface area contributed by atoms with Crippen LogP contribution in [0.3, 0.4) is 0 Å². The molecule has 0 radical (unpaired) electrons. The van der Waals surface area contributed by atoms with Gasteiger partial charge in [-0.3, -0.25) is 0 Å². The molecule has 0 saturated heterocycles. The number of fused-ring (bicyclic) bond motifs is 6. The molecule has 0 aliphatic heterocycles. The van der Waals surface area contributed by atoms with E-state index in [1.165, 1.54) is 33.0 Å². The van der Waals surface area contributed by atoms with Crippen LogP contribution >= 0.6 is 0 Å². The Bertz CT molecular complexity index is 1830. The van der Waals surface area contributed by atoms with Crippen LogP contribution in [0.4, 0.5) is 0 Å². The normalized spacial score (nSPS) is 11.2. The largest absolute Gasteiger partial charge is 0.507 e. The van der Waals surface area contributed by atoms with E-state index in [1.54, 1.807) is 12.1 Å². The Kier molecular flexibility index (Phi) is 6.67. The first-order valence-corrected chi connectivity index (χ1v) is 13.1. The van der Waals surface area contributed by atoms with Gasteiger partial charge < -0.3 is 10.2 Å². The quantitative estimate of drug-likeness (QED) is 0.216. The van der Waals surface area contributed by atoms with Crippen molar-refractivity contribution >= 4 is 32.3 Å². The molecule has 0 bridgehead atoms. The molecule has 0 saturated carbocycles. The van der Waals surface area contributed by atoms with E-state index in [-0.39, 0.29) is 0 Å². The lowest BCUT2D eigenvalue weighted by atomic mass is 10.0. The topological polar surface area (TPSA) is 40.5 Å². The van der Waals surface area contributed by atoms with Crippen LogP contribution in [0.15, 0.2) is 146 Å². The average molecular weight is 505 g/mol. The van der Waals surface area contributed by atoms with Gasteiger partial charge >= 0.3 is 0 Å². The maximum Gasteiger partial charge on any atom is 0.123 e. The second-order valence-corrected chi connectivity index (χ2v) is 9.69. The van der Waals surface area contributed by atoms with Crippen LogP contribution in [0.25, 0.3) is 43.4 Å². The SMILES string of the molecule is Oc1cccc2ccccc12.Oc1cccc2ccccc12.c1ccc2c(c1)Cc1cc3ccccc3cc1-2. The van der Waals surface area contributed by atoms with Gasteiger partial charge in [0.05, 0.1) is 0 Å². The Morgan fingerprint density at radius 2 is 0.821 bits per heavy atom. The van der Waals surface area contributed by atoms with E-state index >= 15 is 0 Å². The van der Waals surface area contributed by atoms with Crippen molar-refractivity contribution in [1.29, 1.82) is 0 Å². The summed E-state index contributed by atoms with van der Waals surface area (Å²) in [5.74, 6) is 0.700. The molecule has 39 heavy (non-hydrogen) atoms. The molecular formula is C37H28O2. The van der Waals surface area contributed by atoms with E-state index in [4.69, 9.17) is 0 Å². The highest BCUT2D eigenvalue weighted by Crippen LogP contribution is 2.38. The van der Waals surface area contributed by atoms with Gasteiger partial charge in [0.15, 0.2) is 0 Å². The number of hydrogen-bond donors (Lipinski definition) is 2. The molecule has 2 heteroatoms. The van der Waals surface area contributed by atoms with Crippen molar-refractivity contribution in [3.63, 3.8) is 0 Å². The molecule has 188 valence electrons. The summed E-state index contributed by atoms with van der Waals surface area (Å²) in [5.41, 5.74) is 5.75. The van der Waals surface area contributed by atoms with Crippen molar-refractivity contribution in [2.24, 2.45) is 0 Å². The Hall–Kier alpha value is -5.08. The molecule has 1 aliphatic carbocycles. The van der Waals surface area contributed by atoms with E-state index in [9.17, 15) is 10.2 Å². The van der Waals surface area contributed by atoms with E-state index < -0.39 is 0 Å². The predicted octanol–water partition coefficient (Wildman–Crippen LogP) is 9.50. The van der Waals surface area contributed by atoms with E-state index in [0.717, 1.165) is 28.0 Å². The van der Waals surface area contributed by atoms with Crippen molar-refractivity contribution in [1.82, 2.24) is 0 Å². The number of hydrogen-bond acceptors (Lipinski definition) is 2. The second-order valence-electron chi connectivity index (χ2n) is 9.69. The lowest BCUT2D eigenvalue weighted by molar-refractivity contribution is 0.481. The molecule has 0 amide bonds. The van der Waals surface area contributed by atoms with Gasteiger partial charge in [-0.1, -0.05) is 127 Å². The van der Waals surface area contributed by atoms with Gasteiger partial charge in [0.25, 0.3) is 0 Å². The van der Waals surface area contributed by atoms with E-state index in [2.05, 4.69) is 60.7 Å². The van der Waals surface area contributed by atoms with Gasteiger partial charge in [-0.15, -0.1) is 0 Å². The van der Waals surface area contributed by atoms with Gasteiger partial charge in [-0.25, -0.2) is 0 Å². The second kappa shape index (κ2) is 10.7. The maximum atomic E-state index is 9.37. The molecule has 7 aromatic carbocycles. The van der Waals surface area contributed by atoms with Crippen LogP contribution in [-0.2, 0) is 6.42 Å². The molecule has 0 heterocycles. The first kappa shape index (κ1) is 24.3. The third-order valence-electron chi connectivity index (χ3n) is 7.19. The lowest BCUT2D eigenvalue weighted by Gasteiger charge is -2.03. The minimum Gasteiger partial charge on any atom is -0.507 e. The summed E-state index contributed by atoms with van der Waals surface area (Å²) in [6.07, 6.45) is 1.08. The summed E-state index contributed by atoms with van der Waals surface area (Å²) < 4.78 is 0. The zero-order valence-corrected chi connectivity index (χ0v) is 21.5. The van der Waals surface area contributed by atoms with E-state index in [1.807, 2.05) is 72.8 Å². The Labute approximate surface area is 228 Å².